The molecule has 0 fully saturated rings. The van der Waals surface area contributed by atoms with E-state index >= 15 is 0 Å². The van der Waals surface area contributed by atoms with E-state index in [9.17, 15) is 9.18 Å². The number of rotatable bonds is 3. The van der Waals surface area contributed by atoms with Crippen LogP contribution in [0.5, 0.6) is 0 Å². The molecule has 2 heterocycles. The summed E-state index contributed by atoms with van der Waals surface area (Å²) >= 11 is 1.60. The van der Waals surface area contributed by atoms with E-state index < -0.39 is 0 Å². The van der Waals surface area contributed by atoms with Gasteiger partial charge in [-0.25, -0.2) is 9.37 Å². The van der Waals surface area contributed by atoms with Crippen LogP contribution in [0.4, 0.5) is 10.1 Å². The van der Waals surface area contributed by atoms with E-state index in [1.165, 1.54) is 18.2 Å². The Labute approximate surface area is 169 Å². The summed E-state index contributed by atoms with van der Waals surface area (Å²) in [5, 5.41) is 4.35. The lowest BCUT2D eigenvalue weighted by molar-refractivity contribution is 0.0998. The molecule has 0 aliphatic carbocycles. The fraction of sp³-hybridized carbons (Fsp3) is 0.0435. The van der Waals surface area contributed by atoms with Crippen LogP contribution in [-0.2, 0) is 0 Å². The van der Waals surface area contributed by atoms with Crippen LogP contribution in [-0.4, -0.2) is 10.9 Å². The Morgan fingerprint density at radius 1 is 1.07 bits per heavy atom. The van der Waals surface area contributed by atoms with E-state index in [2.05, 4.69) is 10.3 Å². The fourth-order valence-electron chi connectivity index (χ4n) is 3.32. The summed E-state index contributed by atoms with van der Waals surface area (Å²) < 4.78 is 20.3. The number of hydrogen-bond donors (Lipinski definition) is 1. The average molecular weight is 402 g/mol. The Morgan fingerprint density at radius 2 is 1.93 bits per heavy atom. The van der Waals surface area contributed by atoms with Gasteiger partial charge in [-0.05, 0) is 49.4 Å². The number of carbonyl (C=O) groups is 1. The highest BCUT2D eigenvalue weighted by molar-refractivity contribution is 7.21. The van der Waals surface area contributed by atoms with Crippen molar-refractivity contribution in [1.29, 1.82) is 0 Å². The minimum absolute atomic E-state index is 0.177. The number of nitrogens with zero attached hydrogens (tertiary/aromatic N) is 1. The number of fused-ring (bicyclic) bond motifs is 2. The first kappa shape index (κ1) is 17.6. The Balaban J connectivity index is 1.46. The number of furan rings is 1. The maximum Gasteiger partial charge on any atom is 0.291 e. The molecule has 142 valence electrons. The van der Waals surface area contributed by atoms with E-state index in [-0.39, 0.29) is 17.5 Å². The molecular weight excluding hydrogens is 387 g/mol. The third-order valence-corrected chi connectivity index (χ3v) is 5.85. The van der Waals surface area contributed by atoms with Crippen LogP contribution in [0.1, 0.15) is 16.1 Å². The van der Waals surface area contributed by atoms with Gasteiger partial charge in [0.2, 0.25) is 0 Å². The molecule has 0 bridgehead atoms. The van der Waals surface area contributed by atoms with Gasteiger partial charge in [0.15, 0.2) is 5.76 Å². The Hall–Kier alpha value is -3.51. The third-order valence-electron chi connectivity index (χ3n) is 4.77. The van der Waals surface area contributed by atoms with Crippen LogP contribution in [0.25, 0.3) is 31.8 Å². The van der Waals surface area contributed by atoms with Gasteiger partial charge in [-0.2, -0.15) is 0 Å². The minimum Gasteiger partial charge on any atom is -0.451 e. The first-order valence-electron chi connectivity index (χ1n) is 9.04. The Morgan fingerprint density at radius 3 is 2.79 bits per heavy atom. The highest BCUT2D eigenvalue weighted by atomic mass is 32.1. The molecular formula is C23H15FN2O2S. The standard InChI is InChI=1S/C23H15FN2O2S/c1-13-17-12-15(24)9-10-19(17)28-21(13)22(27)25-16-6-4-5-14(11-16)23-26-18-7-2-3-8-20(18)29-23/h2-12H,1H3,(H,25,27). The molecule has 0 saturated carbocycles. The van der Waals surface area contributed by atoms with Crippen LogP contribution >= 0.6 is 11.3 Å². The Kier molecular flexibility index (Phi) is 4.14. The molecule has 4 nitrogen and oxygen atoms in total. The zero-order chi connectivity index (χ0) is 20.0. The van der Waals surface area contributed by atoms with Gasteiger partial charge in [-0.1, -0.05) is 24.3 Å². The first-order valence-corrected chi connectivity index (χ1v) is 9.86. The number of halogens is 1. The third kappa shape index (κ3) is 3.17. The number of anilines is 1. The monoisotopic (exact) mass is 402 g/mol. The van der Waals surface area contributed by atoms with Gasteiger partial charge < -0.3 is 9.73 Å². The number of thiazole rings is 1. The highest BCUT2D eigenvalue weighted by Gasteiger charge is 2.18. The molecule has 2 aromatic heterocycles. The van der Waals surface area contributed by atoms with Crippen LogP contribution in [0, 0.1) is 12.7 Å². The molecule has 1 amide bonds. The van der Waals surface area contributed by atoms with E-state index in [0.29, 0.717) is 22.2 Å². The van der Waals surface area contributed by atoms with Gasteiger partial charge in [-0.15, -0.1) is 11.3 Å². The Bertz CT molecular complexity index is 1350. The van der Waals surface area contributed by atoms with Gasteiger partial charge in [-0.3, -0.25) is 4.79 Å². The summed E-state index contributed by atoms with van der Waals surface area (Å²) in [4.78, 5) is 17.4. The van der Waals surface area contributed by atoms with E-state index in [0.717, 1.165) is 20.8 Å². The summed E-state index contributed by atoms with van der Waals surface area (Å²) in [7, 11) is 0. The van der Waals surface area contributed by atoms with E-state index in [1.807, 2.05) is 48.5 Å². The normalized spacial score (nSPS) is 11.2. The molecule has 0 spiro atoms. The number of carbonyl (C=O) groups excluding carboxylic acids is 1. The fourth-order valence-corrected chi connectivity index (χ4v) is 4.29. The summed E-state index contributed by atoms with van der Waals surface area (Å²) in [6.07, 6.45) is 0. The van der Waals surface area contributed by atoms with Crippen molar-refractivity contribution in [2.45, 2.75) is 6.92 Å². The summed E-state index contributed by atoms with van der Waals surface area (Å²) in [6, 6.07) is 19.7. The first-order chi connectivity index (χ1) is 14.1. The molecule has 6 heteroatoms. The number of para-hydroxylation sites is 1. The van der Waals surface area contributed by atoms with Crippen LogP contribution in [0.3, 0.4) is 0 Å². The van der Waals surface area contributed by atoms with E-state index in [1.54, 1.807) is 18.3 Å². The van der Waals surface area contributed by atoms with Crippen molar-refractivity contribution >= 4 is 44.1 Å². The quantitative estimate of drug-likeness (QED) is 0.379. The number of aryl methyl sites for hydroxylation is 1. The number of hydrogen-bond acceptors (Lipinski definition) is 4. The lowest BCUT2D eigenvalue weighted by atomic mass is 10.1. The zero-order valence-corrected chi connectivity index (χ0v) is 16.2. The van der Waals surface area contributed by atoms with Gasteiger partial charge in [0.05, 0.1) is 10.2 Å². The van der Waals surface area contributed by atoms with Crippen molar-refractivity contribution < 1.29 is 13.6 Å². The van der Waals surface area contributed by atoms with Crippen molar-refractivity contribution in [3.63, 3.8) is 0 Å². The number of aromatic nitrogens is 1. The van der Waals surface area contributed by atoms with Gasteiger partial charge >= 0.3 is 0 Å². The molecule has 29 heavy (non-hydrogen) atoms. The topological polar surface area (TPSA) is 55.1 Å². The predicted molar refractivity (Wildman–Crippen MR) is 114 cm³/mol. The number of amides is 1. The lowest BCUT2D eigenvalue weighted by Crippen LogP contribution is -2.12. The van der Waals surface area contributed by atoms with E-state index in [4.69, 9.17) is 4.42 Å². The highest BCUT2D eigenvalue weighted by Crippen LogP contribution is 2.32. The lowest BCUT2D eigenvalue weighted by Gasteiger charge is -2.05. The smallest absolute Gasteiger partial charge is 0.291 e. The largest absolute Gasteiger partial charge is 0.451 e. The molecule has 0 radical (unpaired) electrons. The molecule has 1 N–H and O–H groups in total. The summed E-state index contributed by atoms with van der Waals surface area (Å²) in [6.45, 7) is 1.75. The molecule has 5 aromatic rings. The molecule has 5 rings (SSSR count). The van der Waals surface area contributed by atoms with Crippen molar-refractivity contribution in [2.75, 3.05) is 5.32 Å². The van der Waals surface area contributed by atoms with Crippen molar-refractivity contribution in [1.82, 2.24) is 4.98 Å². The SMILES string of the molecule is Cc1c(C(=O)Nc2cccc(-c3nc4ccccc4s3)c2)oc2ccc(F)cc12. The molecule has 0 aliphatic rings. The molecule has 3 aromatic carbocycles. The molecule has 0 atom stereocenters. The molecule has 0 saturated heterocycles. The van der Waals surface area contributed by atoms with Gasteiger partial charge in [0.25, 0.3) is 5.91 Å². The van der Waals surface area contributed by atoms with Crippen molar-refractivity contribution in [2.24, 2.45) is 0 Å². The summed E-state index contributed by atoms with van der Waals surface area (Å²) in [5.74, 6) is -0.562. The van der Waals surface area contributed by atoms with Crippen LogP contribution in [0.2, 0.25) is 0 Å². The number of nitrogens with one attached hydrogen (secondary N) is 1. The van der Waals surface area contributed by atoms with Gasteiger partial charge in [0, 0.05) is 22.2 Å². The maximum atomic E-state index is 13.5. The second-order valence-electron chi connectivity index (χ2n) is 6.72. The number of benzene rings is 3. The van der Waals surface area contributed by atoms with Crippen LogP contribution in [0.15, 0.2) is 71.1 Å². The molecule has 0 unspecified atom stereocenters. The minimum atomic E-state index is -0.374. The maximum absolute atomic E-state index is 13.5. The summed E-state index contributed by atoms with van der Waals surface area (Å²) in [5.41, 5.74) is 3.61. The van der Waals surface area contributed by atoms with Crippen molar-refractivity contribution in [3.8, 4) is 10.6 Å². The average Bonchev–Trinajstić information content (AvgIpc) is 3.30. The molecule has 0 aliphatic heterocycles. The van der Waals surface area contributed by atoms with Gasteiger partial charge in [0.1, 0.15) is 16.4 Å². The zero-order valence-electron chi connectivity index (χ0n) is 15.4. The van der Waals surface area contributed by atoms with Crippen LogP contribution < -0.4 is 5.32 Å². The van der Waals surface area contributed by atoms with Crippen molar-refractivity contribution in [3.05, 3.63) is 83.9 Å². The second-order valence-corrected chi connectivity index (χ2v) is 7.75. The predicted octanol–water partition coefficient (Wildman–Crippen LogP) is 6.41. The second kappa shape index (κ2) is 6.83.